The van der Waals surface area contributed by atoms with Crippen molar-refractivity contribution in [2.45, 2.75) is 12.8 Å². The second-order valence-electron chi connectivity index (χ2n) is 4.46. The van der Waals surface area contributed by atoms with Crippen LogP contribution in [0.1, 0.15) is 12.0 Å². The zero-order chi connectivity index (χ0) is 15.2. The van der Waals surface area contributed by atoms with Crippen LogP contribution in [-0.4, -0.2) is 10.8 Å². The summed E-state index contributed by atoms with van der Waals surface area (Å²) in [6.07, 6.45) is 0.690. The van der Waals surface area contributed by atoms with Crippen LogP contribution in [-0.2, 0) is 11.2 Å². The van der Waals surface area contributed by atoms with Gasteiger partial charge in [-0.3, -0.25) is 14.9 Å². The molecule has 0 fully saturated rings. The molecule has 0 radical (unpaired) electrons. The summed E-state index contributed by atoms with van der Waals surface area (Å²) in [5.74, 6) is -1.09. The summed E-state index contributed by atoms with van der Waals surface area (Å²) < 4.78 is 13.5. The van der Waals surface area contributed by atoms with Crippen LogP contribution in [0.5, 0.6) is 0 Å². The lowest BCUT2D eigenvalue weighted by Crippen LogP contribution is -2.13. The van der Waals surface area contributed by atoms with Gasteiger partial charge in [-0.05, 0) is 18.1 Å². The number of amides is 1. The molecule has 0 bridgehead atoms. The number of anilines is 1. The van der Waals surface area contributed by atoms with Crippen molar-refractivity contribution >= 4 is 17.3 Å². The minimum atomic E-state index is -0.700. The highest BCUT2D eigenvalue weighted by atomic mass is 19.1. The largest absolute Gasteiger partial charge is 0.323 e. The highest BCUT2D eigenvalue weighted by Crippen LogP contribution is 2.21. The summed E-state index contributed by atoms with van der Waals surface area (Å²) in [5, 5.41) is 13.0. The molecule has 0 aliphatic carbocycles. The maximum absolute atomic E-state index is 13.5. The smallest absolute Gasteiger partial charge is 0.271 e. The number of carbonyl (C=O) groups is 1. The topological polar surface area (TPSA) is 72.2 Å². The number of nitrogens with one attached hydrogen (secondary N) is 1. The zero-order valence-corrected chi connectivity index (χ0v) is 11.1. The molecule has 2 aromatic rings. The van der Waals surface area contributed by atoms with Gasteiger partial charge in [-0.2, -0.15) is 0 Å². The maximum atomic E-state index is 13.5. The molecule has 6 heteroatoms. The van der Waals surface area contributed by atoms with Crippen molar-refractivity contribution < 1.29 is 14.1 Å². The van der Waals surface area contributed by atoms with E-state index in [1.165, 1.54) is 0 Å². The minimum absolute atomic E-state index is 0.173. The van der Waals surface area contributed by atoms with Crippen molar-refractivity contribution in [1.29, 1.82) is 0 Å². The molecule has 1 amide bonds. The Balaban J connectivity index is 1.99. The van der Waals surface area contributed by atoms with Gasteiger partial charge in [-0.25, -0.2) is 4.39 Å². The molecule has 2 aromatic carbocycles. The second kappa shape index (κ2) is 6.60. The molecule has 1 N–H and O–H groups in total. The van der Waals surface area contributed by atoms with Crippen LogP contribution in [0.2, 0.25) is 0 Å². The third-order valence-electron chi connectivity index (χ3n) is 2.92. The fourth-order valence-corrected chi connectivity index (χ4v) is 1.84. The number of benzene rings is 2. The second-order valence-corrected chi connectivity index (χ2v) is 4.46. The Bertz CT molecular complexity index is 659. The third kappa shape index (κ3) is 4.10. The van der Waals surface area contributed by atoms with Gasteiger partial charge in [0.2, 0.25) is 5.91 Å². The number of halogens is 1. The van der Waals surface area contributed by atoms with Gasteiger partial charge in [-0.15, -0.1) is 0 Å². The predicted molar refractivity (Wildman–Crippen MR) is 76.4 cm³/mol. The van der Waals surface area contributed by atoms with E-state index in [1.807, 2.05) is 30.3 Å². The molecule has 21 heavy (non-hydrogen) atoms. The fourth-order valence-electron chi connectivity index (χ4n) is 1.84. The first-order chi connectivity index (χ1) is 10.1. The summed E-state index contributed by atoms with van der Waals surface area (Å²) in [5.41, 5.74) is 0.546. The summed E-state index contributed by atoms with van der Waals surface area (Å²) in [7, 11) is 0. The Morgan fingerprint density at radius 1 is 1.19 bits per heavy atom. The number of hydrogen-bond acceptors (Lipinski definition) is 3. The summed E-state index contributed by atoms with van der Waals surface area (Å²) in [6, 6.07) is 12.4. The molecule has 0 saturated carbocycles. The molecule has 0 aromatic heterocycles. The molecule has 0 aliphatic heterocycles. The standard InChI is InChI=1S/C15H13FN2O3/c16-13-8-7-12(18(20)21)10-14(13)17-15(19)9-6-11-4-2-1-3-5-11/h1-5,7-8,10H,6,9H2,(H,17,19). The molecule has 5 nitrogen and oxygen atoms in total. The first-order valence-corrected chi connectivity index (χ1v) is 6.34. The van der Waals surface area contributed by atoms with Gasteiger partial charge in [0.05, 0.1) is 10.6 Å². The number of carbonyl (C=O) groups excluding carboxylic acids is 1. The number of rotatable bonds is 5. The predicted octanol–water partition coefficient (Wildman–Crippen LogP) is 3.31. The lowest BCUT2D eigenvalue weighted by molar-refractivity contribution is -0.384. The van der Waals surface area contributed by atoms with Crippen molar-refractivity contribution in [1.82, 2.24) is 0 Å². The normalized spacial score (nSPS) is 10.1. The Hall–Kier alpha value is -2.76. The molecule has 0 heterocycles. The number of nitro groups is 1. The van der Waals surface area contributed by atoms with Gasteiger partial charge >= 0.3 is 0 Å². The lowest BCUT2D eigenvalue weighted by atomic mass is 10.1. The molecular weight excluding hydrogens is 275 g/mol. The van der Waals surface area contributed by atoms with E-state index in [2.05, 4.69) is 5.32 Å². The van der Waals surface area contributed by atoms with E-state index in [4.69, 9.17) is 0 Å². The zero-order valence-electron chi connectivity index (χ0n) is 11.1. The Labute approximate surface area is 120 Å². The number of hydrogen-bond donors (Lipinski definition) is 1. The van der Waals surface area contributed by atoms with Crippen molar-refractivity contribution in [2.24, 2.45) is 0 Å². The van der Waals surface area contributed by atoms with Crippen molar-refractivity contribution in [3.63, 3.8) is 0 Å². The average molecular weight is 288 g/mol. The van der Waals surface area contributed by atoms with Crippen LogP contribution in [0.4, 0.5) is 15.8 Å². The number of non-ortho nitro benzene ring substituents is 1. The quantitative estimate of drug-likeness (QED) is 0.677. The van der Waals surface area contributed by atoms with E-state index < -0.39 is 16.6 Å². The molecule has 0 aliphatic rings. The molecule has 0 spiro atoms. The van der Waals surface area contributed by atoms with Gasteiger partial charge in [0.15, 0.2) is 0 Å². The monoisotopic (exact) mass is 288 g/mol. The Kier molecular flexibility index (Phi) is 4.61. The summed E-state index contributed by atoms with van der Waals surface area (Å²) in [4.78, 5) is 21.8. The van der Waals surface area contributed by atoms with Crippen molar-refractivity contribution in [3.8, 4) is 0 Å². The van der Waals surface area contributed by atoms with Crippen LogP contribution in [0.25, 0.3) is 0 Å². The van der Waals surface area contributed by atoms with E-state index in [-0.39, 0.29) is 17.8 Å². The SMILES string of the molecule is O=C(CCc1ccccc1)Nc1cc([N+](=O)[O-])ccc1F. The van der Waals surface area contributed by atoms with Gasteiger partial charge in [0.25, 0.3) is 5.69 Å². The summed E-state index contributed by atoms with van der Waals surface area (Å²) >= 11 is 0. The lowest BCUT2D eigenvalue weighted by Gasteiger charge is -2.06. The Morgan fingerprint density at radius 2 is 1.90 bits per heavy atom. The number of nitro benzene ring substituents is 1. The molecular formula is C15H13FN2O3. The van der Waals surface area contributed by atoms with Crippen LogP contribution >= 0.6 is 0 Å². The van der Waals surface area contributed by atoms with Gasteiger partial charge in [0, 0.05) is 18.6 Å². The van der Waals surface area contributed by atoms with Crippen LogP contribution in [0.3, 0.4) is 0 Å². The number of aryl methyl sites for hydroxylation is 1. The highest BCUT2D eigenvalue weighted by Gasteiger charge is 2.13. The van der Waals surface area contributed by atoms with Crippen LogP contribution in [0.15, 0.2) is 48.5 Å². The third-order valence-corrected chi connectivity index (χ3v) is 2.92. The fraction of sp³-hybridized carbons (Fsp3) is 0.133. The van der Waals surface area contributed by atoms with Crippen molar-refractivity contribution in [3.05, 3.63) is 70.0 Å². The molecule has 0 saturated heterocycles. The highest BCUT2D eigenvalue weighted by molar-refractivity contribution is 5.91. The van der Waals surface area contributed by atoms with Gasteiger partial charge in [-0.1, -0.05) is 30.3 Å². The molecule has 0 atom stereocenters. The van der Waals surface area contributed by atoms with Gasteiger partial charge in [0.1, 0.15) is 5.82 Å². The van der Waals surface area contributed by atoms with E-state index in [0.29, 0.717) is 6.42 Å². The molecule has 0 unspecified atom stereocenters. The first-order valence-electron chi connectivity index (χ1n) is 6.34. The van der Waals surface area contributed by atoms with Gasteiger partial charge < -0.3 is 5.32 Å². The van der Waals surface area contributed by atoms with Crippen molar-refractivity contribution in [2.75, 3.05) is 5.32 Å². The maximum Gasteiger partial charge on any atom is 0.271 e. The Morgan fingerprint density at radius 3 is 2.57 bits per heavy atom. The minimum Gasteiger partial charge on any atom is -0.323 e. The number of nitrogens with zero attached hydrogens (tertiary/aromatic N) is 1. The average Bonchev–Trinajstić information content (AvgIpc) is 2.48. The van der Waals surface area contributed by atoms with Crippen LogP contribution < -0.4 is 5.32 Å². The van der Waals surface area contributed by atoms with E-state index in [1.54, 1.807) is 0 Å². The molecule has 108 valence electrons. The summed E-state index contributed by atoms with van der Waals surface area (Å²) in [6.45, 7) is 0. The van der Waals surface area contributed by atoms with E-state index in [9.17, 15) is 19.3 Å². The molecule has 2 rings (SSSR count). The van der Waals surface area contributed by atoms with Crippen LogP contribution in [0, 0.1) is 15.9 Å². The first kappa shape index (κ1) is 14.6. The van der Waals surface area contributed by atoms with E-state index in [0.717, 1.165) is 23.8 Å². The van der Waals surface area contributed by atoms with E-state index >= 15 is 0 Å².